The predicted octanol–water partition coefficient (Wildman–Crippen LogP) is 3.71. The number of para-hydroxylation sites is 1. The van der Waals surface area contributed by atoms with Crippen LogP contribution in [0.1, 0.15) is 34.5 Å². The van der Waals surface area contributed by atoms with Crippen LogP contribution in [0.5, 0.6) is 0 Å². The van der Waals surface area contributed by atoms with E-state index in [-0.39, 0.29) is 12.4 Å². The summed E-state index contributed by atoms with van der Waals surface area (Å²) in [7, 11) is 0. The standard InChI is InChI=1S/C26H22N2O6/c1-3-33-24(31)26-20(19-10-7-15-34-19)21(22(29)17-13-11-16(2)12-14-17)28(26)25(32)27(23(26)30)18-8-5-4-6-9-18/h4-15,20-21H,3H2,1-2H3/t20-,21+,26+/m1/s1. The van der Waals surface area contributed by atoms with Crippen molar-refractivity contribution < 1.29 is 28.3 Å². The number of ketones is 1. The van der Waals surface area contributed by atoms with Crippen LogP contribution in [0.25, 0.3) is 0 Å². The number of furan rings is 1. The van der Waals surface area contributed by atoms with Crippen molar-refractivity contribution in [3.8, 4) is 0 Å². The Kier molecular flexibility index (Phi) is 5.08. The summed E-state index contributed by atoms with van der Waals surface area (Å²) < 4.78 is 10.9. The molecule has 2 aromatic carbocycles. The molecule has 3 heterocycles. The van der Waals surface area contributed by atoms with Crippen LogP contribution in [-0.4, -0.2) is 46.8 Å². The van der Waals surface area contributed by atoms with Gasteiger partial charge in [0.1, 0.15) is 11.8 Å². The number of carbonyl (C=O) groups is 4. The van der Waals surface area contributed by atoms with Crippen LogP contribution in [0.2, 0.25) is 0 Å². The van der Waals surface area contributed by atoms with Gasteiger partial charge in [0.25, 0.3) is 5.91 Å². The van der Waals surface area contributed by atoms with E-state index >= 15 is 0 Å². The lowest BCUT2D eigenvalue weighted by Gasteiger charge is -2.53. The number of urea groups is 1. The molecule has 3 amide bonds. The van der Waals surface area contributed by atoms with Gasteiger partial charge < -0.3 is 9.15 Å². The van der Waals surface area contributed by atoms with Gasteiger partial charge in [0.15, 0.2) is 5.78 Å². The molecule has 0 saturated carbocycles. The monoisotopic (exact) mass is 458 g/mol. The molecular formula is C26H22N2O6. The SMILES string of the molecule is CCOC(=O)[C@]12C(=O)N(c3ccccc3)C(=O)N1[C@H](C(=O)c1ccc(C)cc1)[C@H]2c1ccco1. The third kappa shape index (κ3) is 2.84. The number of hydrogen-bond acceptors (Lipinski definition) is 6. The molecule has 8 heteroatoms. The van der Waals surface area contributed by atoms with Gasteiger partial charge in [-0.25, -0.2) is 14.5 Å². The number of amides is 3. The first kappa shape index (κ1) is 21.6. The predicted molar refractivity (Wildman–Crippen MR) is 121 cm³/mol. The van der Waals surface area contributed by atoms with E-state index in [2.05, 4.69) is 0 Å². The number of anilines is 1. The second-order valence-corrected chi connectivity index (χ2v) is 8.28. The van der Waals surface area contributed by atoms with Crippen LogP contribution in [0.4, 0.5) is 10.5 Å². The first-order valence-corrected chi connectivity index (χ1v) is 11.0. The summed E-state index contributed by atoms with van der Waals surface area (Å²) in [6, 6.07) is 16.6. The highest BCUT2D eigenvalue weighted by Crippen LogP contribution is 2.56. The largest absolute Gasteiger partial charge is 0.469 e. The number of hydrogen-bond donors (Lipinski definition) is 0. The van der Waals surface area contributed by atoms with Crippen molar-refractivity contribution in [3.63, 3.8) is 0 Å². The summed E-state index contributed by atoms with van der Waals surface area (Å²) in [4.78, 5) is 56.6. The van der Waals surface area contributed by atoms with Gasteiger partial charge in [-0.3, -0.25) is 14.5 Å². The number of ether oxygens (including phenoxy) is 1. The molecule has 1 aromatic heterocycles. The lowest BCUT2D eigenvalue weighted by atomic mass is 9.65. The number of benzene rings is 2. The third-order valence-electron chi connectivity index (χ3n) is 6.41. The van der Waals surface area contributed by atoms with E-state index in [4.69, 9.17) is 9.15 Å². The van der Waals surface area contributed by atoms with Crippen molar-refractivity contribution in [1.82, 2.24) is 4.90 Å². The van der Waals surface area contributed by atoms with Gasteiger partial charge in [-0.05, 0) is 38.1 Å². The number of rotatable bonds is 6. The van der Waals surface area contributed by atoms with Crippen LogP contribution in [-0.2, 0) is 14.3 Å². The average molecular weight is 458 g/mol. The fraction of sp³-hybridized carbons (Fsp3) is 0.231. The summed E-state index contributed by atoms with van der Waals surface area (Å²) in [6.45, 7) is 3.52. The zero-order valence-electron chi connectivity index (χ0n) is 18.6. The normalized spacial score (nSPS) is 23.5. The van der Waals surface area contributed by atoms with Crippen molar-refractivity contribution in [3.05, 3.63) is 89.9 Å². The first-order chi connectivity index (χ1) is 16.4. The maximum absolute atomic E-state index is 13.9. The molecule has 0 spiro atoms. The van der Waals surface area contributed by atoms with Crippen molar-refractivity contribution in [2.45, 2.75) is 31.3 Å². The van der Waals surface area contributed by atoms with Crippen molar-refractivity contribution in [2.75, 3.05) is 11.5 Å². The van der Waals surface area contributed by atoms with Gasteiger partial charge in [-0.2, -0.15) is 0 Å². The number of Topliss-reactive ketones (excluding diaryl/α,β-unsaturated/α-hetero) is 1. The van der Waals surface area contributed by atoms with Gasteiger partial charge in [-0.1, -0.05) is 48.0 Å². The zero-order valence-corrected chi connectivity index (χ0v) is 18.6. The Labute approximate surface area is 195 Å². The summed E-state index contributed by atoms with van der Waals surface area (Å²) in [5.41, 5.74) is -0.402. The molecule has 2 aliphatic rings. The highest BCUT2D eigenvalue weighted by Gasteiger charge is 2.80. The number of imide groups is 1. The molecule has 172 valence electrons. The van der Waals surface area contributed by atoms with Crippen LogP contribution < -0.4 is 4.90 Å². The number of nitrogens with zero attached hydrogens (tertiary/aromatic N) is 2. The molecule has 8 nitrogen and oxygen atoms in total. The number of aryl methyl sites for hydroxylation is 1. The minimum atomic E-state index is -2.04. The minimum absolute atomic E-state index is 0.00266. The Hall–Kier alpha value is -4.20. The van der Waals surface area contributed by atoms with Crippen molar-refractivity contribution in [1.29, 1.82) is 0 Å². The Bertz CT molecular complexity index is 1270. The van der Waals surface area contributed by atoms with E-state index in [9.17, 15) is 19.2 Å². The first-order valence-electron chi connectivity index (χ1n) is 11.0. The molecule has 2 fully saturated rings. The Morgan fingerprint density at radius 1 is 1.00 bits per heavy atom. The summed E-state index contributed by atoms with van der Waals surface area (Å²) in [5, 5.41) is 0. The van der Waals surface area contributed by atoms with Crippen LogP contribution >= 0.6 is 0 Å². The quantitative estimate of drug-likeness (QED) is 0.242. The number of esters is 1. The smallest absolute Gasteiger partial charge is 0.343 e. The second kappa shape index (κ2) is 7.98. The lowest BCUT2D eigenvalue weighted by molar-refractivity contribution is -0.172. The van der Waals surface area contributed by atoms with Gasteiger partial charge in [0.05, 0.1) is 24.5 Å². The maximum Gasteiger partial charge on any atom is 0.343 e. The highest BCUT2D eigenvalue weighted by molar-refractivity contribution is 6.34. The molecule has 0 radical (unpaired) electrons. The molecule has 2 aliphatic heterocycles. The fourth-order valence-electron chi connectivity index (χ4n) is 4.88. The molecular weight excluding hydrogens is 436 g/mol. The molecule has 0 N–H and O–H groups in total. The van der Waals surface area contributed by atoms with Gasteiger partial charge in [0.2, 0.25) is 5.54 Å². The highest BCUT2D eigenvalue weighted by atomic mass is 16.5. The molecule has 0 aliphatic carbocycles. The van der Waals surface area contributed by atoms with E-state index in [0.717, 1.165) is 15.4 Å². The van der Waals surface area contributed by atoms with E-state index in [1.165, 1.54) is 6.26 Å². The molecule has 5 rings (SSSR count). The molecule has 0 bridgehead atoms. The summed E-state index contributed by atoms with van der Waals surface area (Å²) in [5.74, 6) is -2.83. The molecule has 0 unspecified atom stereocenters. The van der Waals surface area contributed by atoms with E-state index < -0.39 is 41.2 Å². The summed E-state index contributed by atoms with van der Waals surface area (Å²) >= 11 is 0. The molecule has 3 atom stereocenters. The molecule has 3 aromatic rings. The van der Waals surface area contributed by atoms with Crippen molar-refractivity contribution >= 4 is 29.4 Å². The average Bonchev–Trinajstić information content (AvgIpc) is 3.39. The second-order valence-electron chi connectivity index (χ2n) is 8.28. The van der Waals surface area contributed by atoms with Crippen LogP contribution in [0.3, 0.4) is 0 Å². The maximum atomic E-state index is 13.9. The molecule has 2 saturated heterocycles. The summed E-state index contributed by atoms with van der Waals surface area (Å²) in [6.07, 6.45) is 1.40. The Morgan fingerprint density at radius 2 is 1.71 bits per heavy atom. The van der Waals surface area contributed by atoms with Crippen LogP contribution in [0, 0.1) is 6.92 Å². The topological polar surface area (TPSA) is 97.1 Å². The van der Waals surface area contributed by atoms with Crippen LogP contribution in [0.15, 0.2) is 77.4 Å². The zero-order chi connectivity index (χ0) is 24.0. The van der Waals surface area contributed by atoms with Crippen molar-refractivity contribution in [2.24, 2.45) is 0 Å². The van der Waals surface area contributed by atoms with E-state index in [1.54, 1.807) is 73.7 Å². The van der Waals surface area contributed by atoms with Gasteiger partial charge in [-0.15, -0.1) is 0 Å². The number of carbonyl (C=O) groups excluding carboxylic acids is 4. The molecule has 34 heavy (non-hydrogen) atoms. The van der Waals surface area contributed by atoms with Gasteiger partial charge >= 0.3 is 12.0 Å². The minimum Gasteiger partial charge on any atom is -0.469 e. The van der Waals surface area contributed by atoms with E-state index in [1.807, 2.05) is 6.92 Å². The fourth-order valence-corrected chi connectivity index (χ4v) is 4.88. The Balaban J connectivity index is 1.69. The third-order valence-corrected chi connectivity index (χ3v) is 6.41. The number of fused-ring (bicyclic) bond motifs is 1. The lowest BCUT2D eigenvalue weighted by Crippen LogP contribution is -2.77. The van der Waals surface area contributed by atoms with Gasteiger partial charge in [0, 0.05) is 5.56 Å². The Morgan fingerprint density at radius 3 is 2.32 bits per heavy atom. The van der Waals surface area contributed by atoms with E-state index in [0.29, 0.717) is 11.3 Å².